The van der Waals surface area contributed by atoms with Gasteiger partial charge in [-0.05, 0) is 26.0 Å². The van der Waals surface area contributed by atoms with Gasteiger partial charge >= 0.3 is 0 Å². The number of rotatable bonds is 5. The lowest BCUT2D eigenvalue weighted by Gasteiger charge is -2.18. The van der Waals surface area contributed by atoms with E-state index in [1.54, 1.807) is 0 Å². The first-order valence-electron chi connectivity index (χ1n) is 6.51. The van der Waals surface area contributed by atoms with Crippen LogP contribution >= 0.6 is 0 Å². The quantitative estimate of drug-likeness (QED) is 0.875. The number of imidazole rings is 1. The Kier molecular flexibility index (Phi) is 4.15. The summed E-state index contributed by atoms with van der Waals surface area (Å²) in [5.41, 5.74) is 2.54. The zero-order valence-electron chi connectivity index (χ0n) is 11.4. The molecule has 0 aliphatic carbocycles. The summed E-state index contributed by atoms with van der Waals surface area (Å²) in [6.45, 7) is 5.32. The summed E-state index contributed by atoms with van der Waals surface area (Å²) in [5.74, 6) is 1.09. The Hall–Kier alpha value is -1.61. The third-order valence-electron chi connectivity index (χ3n) is 3.13. The third-order valence-corrected chi connectivity index (χ3v) is 3.13. The zero-order valence-corrected chi connectivity index (χ0v) is 11.4. The molecule has 0 amide bonds. The second-order valence-electron chi connectivity index (χ2n) is 4.61. The van der Waals surface area contributed by atoms with Crippen molar-refractivity contribution in [2.75, 3.05) is 7.05 Å². The van der Waals surface area contributed by atoms with Gasteiger partial charge in [-0.25, -0.2) is 4.98 Å². The number of benzene rings is 1. The van der Waals surface area contributed by atoms with Crippen LogP contribution in [0.25, 0.3) is 0 Å². The van der Waals surface area contributed by atoms with E-state index in [0.29, 0.717) is 0 Å². The van der Waals surface area contributed by atoms with E-state index in [1.807, 2.05) is 13.2 Å². The Labute approximate surface area is 109 Å². The molecule has 3 nitrogen and oxygen atoms in total. The van der Waals surface area contributed by atoms with Crippen LogP contribution < -0.4 is 5.32 Å². The maximum absolute atomic E-state index is 4.51. The SMILES string of the molecule is CCCn1ccnc1C(NC)c1cccc(C)c1. The van der Waals surface area contributed by atoms with Gasteiger partial charge in [0.05, 0.1) is 6.04 Å². The van der Waals surface area contributed by atoms with Crippen molar-refractivity contribution in [1.29, 1.82) is 0 Å². The second-order valence-corrected chi connectivity index (χ2v) is 4.61. The fraction of sp³-hybridized carbons (Fsp3) is 0.400. The second kappa shape index (κ2) is 5.83. The van der Waals surface area contributed by atoms with Gasteiger partial charge in [0.25, 0.3) is 0 Å². The number of hydrogen-bond acceptors (Lipinski definition) is 2. The molecule has 0 bridgehead atoms. The first-order chi connectivity index (χ1) is 8.76. The molecule has 0 radical (unpaired) electrons. The number of aryl methyl sites for hydroxylation is 2. The Morgan fingerprint density at radius 2 is 2.22 bits per heavy atom. The lowest BCUT2D eigenvalue weighted by molar-refractivity contribution is 0.568. The average molecular weight is 243 g/mol. The van der Waals surface area contributed by atoms with Crippen molar-refractivity contribution >= 4 is 0 Å². The molecule has 0 spiro atoms. The van der Waals surface area contributed by atoms with E-state index in [2.05, 4.69) is 59.2 Å². The van der Waals surface area contributed by atoms with Crippen LogP contribution in [0.15, 0.2) is 36.7 Å². The Bertz CT molecular complexity index is 502. The molecule has 0 saturated carbocycles. The molecule has 1 aromatic heterocycles. The minimum Gasteiger partial charge on any atom is -0.333 e. The van der Waals surface area contributed by atoms with Crippen molar-refractivity contribution < 1.29 is 0 Å². The van der Waals surface area contributed by atoms with Gasteiger partial charge in [-0.2, -0.15) is 0 Å². The number of nitrogens with one attached hydrogen (secondary N) is 1. The van der Waals surface area contributed by atoms with E-state index < -0.39 is 0 Å². The summed E-state index contributed by atoms with van der Waals surface area (Å²) in [6, 6.07) is 8.74. The van der Waals surface area contributed by atoms with Crippen LogP contribution in [0.3, 0.4) is 0 Å². The van der Waals surface area contributed by atoms with Gasteiger partial charge in [-0.3, -0.25) is 0 Å². The third kappa shape index (κ3) is 2.62. The maximum atomic E-state index is 4.51. The maximum Gasteiger partial charge on any atom is 0.130 e. The lowest BCUT2D eigenvalue weighted by Crippen LogP contribution is -2.22. The summed E-state index contributed by atoms with van der Waals surface area (Å²) in [4.78, 5) is 4.51. The number of aromatic nitrogens is 2. The molecule has 2 aromatic rings. The van der Waals surface area contributed by atoms with Crippen molar-refractivity contribution in [1.82, 2.24) is 14.9 Å². The molecule has 1 atom stereocenters. The molecule has 1 aromatic carbocycles. The van der Waals surface area contributed by atoms with Crippen LogP contribution in [0.2, 0.25) is 0 Å². The van der Waals surface area contributed by atoms with Crippen LogP contribution in [-0.2, 0) is 6.54 Å². The molecular formula is C15H21N3. The normalized spacial score (nSPS) is 12.6. The van der Waals surface area contributed by atoms with Crippen LogP contribution in [0.1, 0.15) is 36.3 Å². The number of nitrogens with zero attached hydrogens (tertiary/aromatic N) is 2. The highest BCUT2D eigenvalue weighted by molar-refractivity contribution is 5.29. The van der Waals surface area contributed by atoms with Crippen molar-refractivity contribution in [2.24, 2.45) is 0 Å². The highest BCUT2D eigenvalue weighted by atomic mass is 15.1. The minimum absolute atomic E-state index is 0.159. The van der Waals surface area contributed by atoms with Gasteiger partial charge < -0.3 is 9.88 Å². The van der Waals surface area contributed by atoms with Crippen LogP contribution in [-0.4, -0.2) is 16.6 Å². The predicted octanol–water partition coefficient (Wildman–Crippen LogP) is 2.91. The minimum atomic E-state index is 0.159. The van der Waals surface area contributed by atoms with Gasteiger partial charge in [0.15, 0.2) is 0 Å². The molecule has 1 heterocycles. The molecule has 0 aliphatic rings. The summed E-state index contributed by atoms with van der Waals surface area (Å²) in [5, 5.41) is 3.36. The van der Waals surface area contributed by atoms with E-state index in [1.165, 1.54) is 11.1 Å². The summed E-state index contributed by atoms with van der Waals surface area (Å²) >= 11 is 0. The molecular weight excluding hydrogens is 222 g/mol. The number of hydrogen-bond donors (Lipinski definition) is 1. The molecule has 0 fully saturated rings. The van der Waals surface area contributed by atoms with Crippen LogP contribution in [0, 0.1) is 6.92 Å². The lowest BCUT2D eigenvalue weighted by atomic mass is 10.0. The van der Waals surface area contributed by atoms with Gasteiger partial charge in [0.1, 0.15) is 5.82 Å². The van der Waals surface area contributed by atoms with Crippen LogP contribution in [0.4, 0.5) is 0 Å². The smallest absolute Gasteiger partial charge is 0.130 e. The first kappa shape index (κ1) is 12.8. The summed E-state index contributed by atoms with van der Waals surface area (Å²) in [7, 11) is 1.98. The van der Waals surface area contributed by atoms with Crippen LogP contribution in [0.5, 0.6) is 0 Å². The first-order valence-corrected chi connectivity index (χ1v) is 6.51. The molecule has 0 aliphatic heterocycles. The largest absolute Gasteiger partial charge is 0.333 e. The molecule has 3 heteroatoms. The molecule has 96 valence electrons. The van der Waals surface area contributed by atoms with Gasteiger partial charge in [-0.15, -0.1) is 0 Å². The van der Waals surface area contributed by atoms with Crippen molar-refractivity contribution in [3.05, 3.63) is 53.6 Å². The molecule has 1 unspecified atom stereocenters. The Morgan fingerprint density at radius 3 is 2.89 bits per heavy atom. The van der Waals surface area contributed by atoms with E-state index in [9.17, 15) is 0 Å². The average Bonchev–Trinajstić information content (AvgIpc) is 2.79. The summed E-state index contributed by atoms with van der Waals surface area (Å²) in [6.07, 6.45) is 5.05. The van der Waals surface area contributed by atoms with Gasteiger partial charge in [0, 0.05) is 18.9 Å². The standard InChI is InChI=1S/C15H21N3/c1-4-9-18-10-8-17-15(18)14(16-3)13-7-5-6-12(2)11-13/h5-8,10-11,14,16H,4,9H2,1-3H3. The molecule has 0 saturated heterocycles. The van der Waals surface area contributed by atoms with Crippen molar-refractivity contribution in [3.8, 4) is 0 Å². The molecule has 18 heavy (non-hydrogen) atoms. The monoisotopic (exact) mass is 243 g/mol. The van der Waals surface area contributed by atoms with E-state index in [4.69, 9.17) is 0 Å². The van der Waals surface area contributed by atoms with Gasteiger partial charge in [0.2, 0.25) is 0 Å². The fourth-order valence-electron chi connectivity index (χ4n) is 2.31. The Balaban J connectivity index is 2.36. The zero-order chi connectivity index (χ0) is 13.0. The van der Waals surface area contributed by atoms with E-state index >= 15 is 0 Å². The summed E-state index contributed by atoms with van der Waals surface area (Å²) < 4.78 is 2.23. The Morgan fingerprint density at radius 1 is 1.39 bits per heavy atom. The van der Waals surface area contributed by atoms with Crippen molar-refractivity contribution in [2.45, 2.75) is 32.9 Å². The van der Waals surface area contributed by atoms with Crippen molar-refractivity contribution in [3.63, 3.8) is 0 Å². The topological polar surface area (TPSA) is 29.9 Å². The highest BCUT2D eigenvalue weighted by Crippen LogP contribution is 2.21. The highest BCUT2D eigenvalue weighted by Gasteiger charge is 2.16. The molecule has 2 rings (SSSR count). The van der Waals surface area contributed by atoms with Gasteiger partial charge in [-0.1, -0.05) is 36.8 Å². The molecule has 1 N–H and O–H groups in total. The predicted molar refractivity (Wildman–Crippen MR) is 74.6 cm³/mol. The fourth-order valence-corrected chi connectivity index (χ4v) is 2.31. The van der Waals surface area contributed by atoms with E-state index in [0.717, 1.165) is 18.8 Å². The van der Waals surface area contributed by atoms with E-state index in [-0.39, 0.29) is 6.04 Å².